The molecule has 1 heterocycles. The molecular weight excluding hydrogens is 268 g/mol. The fraction of sp³-hybridized carbons (Fsp3) is 0.154. The van der Waals surface area contributed by atoms with Crippen LogP contribution in [0, 0.1) is 11.6 Å². The summed E-state index contributed by atoms with van der Waals surface area (Å²) >= 11 is 0. The summed E-state index contributed by atoms with van der Waals surface area (Å²) in [4.78, 5) is 11.1. The minimum absolute atomic E-state index is 0.111. The third-order valence-corrected chi connectivity index (χ3v) is 2.55. The molecule has 1 N–H and O–H groups in total. The average molecular weight is 279 g/mol. The van der Waals surface area contributed by atoms with E-state index in [0.29, 0.717) is 0 Å². The fourth-order valence-corrected chi connectivity index (χ4v) is 1.75. The first-order valence-electron chi connectivity index (χ1n) is 5.66. The SMILES string of the molecule is C=C(C)Cn1nnc(C(=O)O)c1-c1ccc(F)c(F)c1. The van der Waals surface area contributed by atoms with E-state index in [2.05, 4.69) is 16.9 Å². The normalized spacial score (nSPS) is 10.6. The molecule has 0 unspecified atom stereocenters. The van der Waals surface area contributed by atoms with Gasteiger partial charge in [0.25, 0.3) is 0 Å². The third-order valence-electron chi connectivity index (χ3n) is 2.55. The smallest absolute Gasteiger partial charge is 0.358 e. The van der Waals surface area contributed by atoms with Crippen molar-refractivity contribution in [1.82, 2.24) is 15.0 Å². The molecule has 0 aliphatic heterocycles. The van der Waals surface area contributed by atoms with E-state index < -0.39 is 17.6 Å². The summed E-state index contributed by atoms with van der Waals surface area (Å²) in [5, 5.41) is 16.4. The molecule has 0 bridgehead atoms. The lowest BCUT2D eigenvalue weighted by molar-refractivity contribution is 0.0691. The fourth-order valence-electron chi connectivity index (χ4n) is 1.75. The molecule has 0 aliphatic carbocycles. The monoisotopic (exact) mass is 279 g/mol. The number of carboxylic acids is 1. The van der Waals surface area contributed by atoms with E-state index in [1.807, 2.05) is 0 Å². The van der Waals surface area contributed by atoms with Gasteiger partial charge in [-0.05, 0) is 25.1 Å². The molecule has 2 rings (SSSR count). The summed E-state index contributed by atoms with van der Waals surface area (Å²) in [6.45, 7) is 5.66. The molecule has 0 saturated heterocycles. The van der Waals surface area contributed by atoms with Crippen LogP contribution in [0.15, 0.2) is 30.4 Å². The Balaban J connectivity index is 2.62. The van der Waals surface area contributed by atoms with Crippen LogP contribution < -0.4 is 0 Å². The van der Waals surface area contributed by atoms with E-state index in [9.17, 15) is 13.6 Å². The van der Waals surface area contributed by atoms with Gasteiger partial charge in [0.05, 0.1) is 6.54 Å². The largest absolute Gasteiger partial charge is 0.476 e. The van der Waals surface area contributed by atoms with Crippen LogP contribution in [0.5, 0.6) is 0 Å². The summed E-state index contributed by atoms with van der Waals surface area (Å²) in [6, 6.07) is 3.11. The van der Waals surface area contributed by atoms with Crippen molar-refractivity contribution < 1.29 is 18.7 Å². The van der Waals surface area contributed by atoms with Gasteiger partial charge in [-0.3, -0.25) is 0 Å². The Hall–Kier alpha value is -2.57. The number of allylic oxidation sites excluding steroid dienone is 1. The highest BCUT2D eigenvalue weighted by Gasteiger charge is 2.21. The van der Waals surface area contributed by atoms with E-state index >= 15 is 0 Å². The molecular formula is C13H11F2N3O2. The van der Waals surface area contributed by atoms with Crippen LogP contribution in [0.1, 0.15) is 17.4 Å². The van der Waals surface area contributed by atoms with Gasteiger partial charge in [0.1, 0.15) is 5.69 Å². The van der Waals surface area contributed by atoms with E-state index in [1.165, 1.54) is 10.7 Å². The molecule has 0 atom stereocenters. The average Bonchev–Trinajstić information content (AvgIpc) is 2.75. The lowest BCUT2D eigenvalue weighted by Crippen LogP contribution is -2.06. The van der Waals surface area contributed by atoms with Gasteiger partial charge in [0.2, 0.25) is 0 Å². The number of rotatable bonds is 4. The van der Waals surface area contributed by atoms with Gasteiger partial charge in [-0.25, -0.2) is 18.3 Å². The van der Waals surface area contributed by atoms with Gasteiger partial charge in [-0.1, -0.05) is 17.4 Å². The van der Waals surface area contributed by atoms with E-state index in [-0.39, 0.29) is 23.5 Å². The van der Waals surface area contributed by atoms with E-state index in [4.69, 9.17) is 5.11 Å². The molecule has 104 valence electrons. The van der Waals surface area contributed by atoms with Gasteiger partial charge in [0.15, 0.2) is 17.3 Å². The minimum Gasteiger partial charge on any atom is -0.476 e. The Kier molecular flexibility index (Phi) is 3.60. The summed E-state index contributed by atoms with van der Waals surface area (Å²) in [6.07, 6.45) is 0. The topological polar surface area (TPSA) is 68.0 Å². The van der Waals surface area contributed by atoms with Crippen LogP contribution in [0.4, 0.5) is 8.78 Å². The van der Waals surface area contributed by atoms with Gasteiger partial charge in [-0.15, -0.1) is 5.10 Å². The highest BCUT2D eigenvalue weighted by molar-refractivity contribution is 5.92. The Labute approximate surface area is 113 Å². The Morgan fingerprint density at radius 3 is 2.65 bits per heavy atom. The molecule has 7 heteroatoms. The lowest BCUT2D eigenvalue weighted by Gasteiger charge is -2.07. The molecule has 5 nitrogen and oxygen atoms in total. The molecule has 0 radical (unpaired) electrons. The molecule has 1 aromatic carbocycles. The highest BCUT2D eigenvalue weighted by Crippen LogP contribution is 2.24. The number of aromatic carboxylic acids is 1. The van der Waals surface area contributed by atoms with Gasteiger partial charge in [0, 0.05) is 5.56 Å². The molecule has 0 saturated carbocycles. The van der Waals surface area contributed by atoms with Crippen LogP contribution >= 0.6 is 0 Å². The second-order valence-corrected chi connectivity index (χ2v) is 4.34. The first-order chi connectivity index (χ1) is 9.40. The number of carbonyl (C=O) groups is 1. The Morgan fingerprint density at radius 2 is 2.10 bits per heavy atom. The van der Waals surface area contributed by atoms with Crippen LogP contribution in [-0.2, 0) is 6.54 Å². The van der Waals surface area contributed by atoms with Crippen molar-refractivity contribution in [3.05, 3.63) is 47.7 Å². The number of benzene rings is 1. The standard InChI is InChI=1S/C13H11F2N3O2/c1-7(2)6-18-12(11(13(19)20)16-17-18)8-3-4-9(14)10(15)5-8/h3-5H,1,6H2,2H3,(H,19,20). The number of hydrogen-bond acceptors (Lipinski definition) is 3. The maximum absolute atomic E-state index is 13.3. The van der Waals surface area contributed by atoms with Crippen molar-refractivity contribution in [3.8, 4) is 11.3 Å². The van der Waals surface area contributed by atoms with Crippen LogP contribution in [0.3, 0.4) is 0 Å². The third kappa shape index (κ3) is 2.56. The quantitative estimate of drug-likeness (QED) is 0.873. The summed E-state index contributed by atoms with van der Waals surface area (Å²) < 4.78 is 27.6. The molecule has 1 aromatic heterocycles. The minimum atomic E-state index is -1.29. The zero-order valence-electron chi connectivity index (χ0n) is 10.6. The molecule has 0 spiro atoms. The van der Waals surface area contributed by atoms with Crippen molar-refractivity contribution in [2.24, 2.45) is 0 Å². The Bertz CT molecular complexity index is 695. The van der Waals surface area contributed by atoms with Gasteiger partial charge in [-0.2, -0.15) is 0 Å². The molecule has 0 fully saturated rings. The zero-order chi connectivity index (χ0) is 14.9. The predicted octanol–water partition coefficient (Wildman–Crippen LogP) is 2.50. The first kappa shape index (κ1) is 13.9. The summed E-state index contributed by atoms with van der Waals surface area (Å²) in [7, 11) is 0. The maximum Gasteiger partial charge on any atom is 0.358 e. The van der Waals surface area contributed by atoms with Crippen molar-refractivity contribution in [1.29, 1.82) is 0 Å². The molecule has 2 aromatic rings. The molecule has 0 amide bonds. The van der Waals surface area contributed by atoms with Crippen molar-refractivity contribution in [3.63, 3.8) is 0 Å². The number of nitrogens with zero attached hydrogens (tertiary/aromatic N) is 3. The highest BCUT2D eigenvalue weighted by atomic mass is 19.2. The summed E-state index contributed by atoms with van der Waals surface area (Å²) in [5.41, 5.74) is 0.694. The lowest BCUT2D eigenvalue weighted by atomic mass is 10.1. The van der Waals surface area contributed by atoms with Crippen LogP contribution in [0.2, 0.25) is 0 Å². The zero-order valence-corrected chi connectivity index (χ0v) is 10.6. The Morgan fingerprint density at radius 1 is 1.40 bits per heavy atom. The molecule has 0 aliphatic rings. The van der Waals surface area contributed by atoms with Crippen molar-refractivity contribution >= 4 is 5.97 Å². The van der Waals surface area contributed by atoms with Crippen LogP contribution in [-0.4, -0.2) is 26.1 Å². The second-order valence-electron chi connectivity index (χ2n) is 4.34. The van der Waals surface area contributed by atoms with E-state index in [0.717, 1.165) is 17.7 Å². The van der Waals surface area contributed by atoms with Crippen LogP contribution in [0.25, 0.3) is 11.3 Å². The number of hydrogen-bond donors (Lipinski definition) is 1. The van der Waals surface area contributed by atoms with Crippen molar-refractivity contribution in [2.45, 2.75) is 13.5 Å². The first-order valence-corrected chi connectivity index (χ1v) is 5.66. The van der Waals surface area contributed by atoms with Gasteiger partial charge < -0.3 is 5.11 Å². The summed E-state index contributed by atoms with van der Waals surface area (Å²) in [5.74, 6) is -3.37. The number of halogens is 2. The molecule has 20 heavy (non-hydrogen) atoms. The van der Waals surface area contributed by atoms with Crippen molar-refractivity contribution in [2.75, 3.05) is 0 Å². The maximum atomic E-state index is 13.3. The van der Waals surface area contributed by atoms with E-state index in [1.54, 1.807) is 6.92 Å². The number of carboxylic acid groups (broad SMARTS) is 1. The second kappa shape index (κ2) is 5.20. The number of aromatic nitrogens is 3. The predicted molar refractivity (Wildman–Crippen MR) is 67.1 cm³/mol. The van der Waals surface area contributed by atoms with Gasteiger partial charge >= 0.3 is 5.97 Å².